The minimum Gasteiger partial charge on any atom is -0.465 e. The summed E-state index contributed by atoms with van der Waals surface area (Å²) in [6.07, 6.45) is 5.88. The highest BCUT2D eigenvalue weighted by Crippen LogP contribution is 2.45. The Morgan fingerprint density at radius 3 is 2.65 bits per heavy atom. The van der Waals surface area contributed by atoms with E-state index in [-0.39, 0.29) is 12.1 Å². The van der Waals surface area contributed by atoms with E-state index in [9.17, 15) is 4.79 Å². The number of carbonyl (C=O) groups is 1. The molecule has 0 N–H and O–H groups in total. The van der Waals surface area contributed by atoms with Crippen molar-refractivity contribution in [3.8, 4) is 0 Å². The van der Waals surface area contributed by atoms with Crippen molar-refractivity contribution in [2.75, 3.05) is 6.61 Å². The van der Waals surface area contributed by atoms with E-state index in [1.165, 1.54) is 5.56 Å². The molecule has 1 aromatic rings. The third kappa shape index (κ3) is 4.35. The molecule has 1 saturated carbocycles. The van der Waals surface area contributed by atoms with Crippen molar-refractivity contribution in [1.29, 1.82) is 0 Å². The average molecular weight is 318 g/mol. The van der Waals surface area contributed by atoms with E-state index >= 15 is 0 Å². The van der Waals surface area contributed by atoms with Gasteiger partial charge >= 0.3 is 5.97 Å². The van der Waals surface area contributed by atoms with E-state index in [4.69, 9.17) is 9.47 Å². The number of unbranched alkanes of at least 4 members (excludes halogenated alkanes) is 1. The van der Waals surface area contributed by atoms with Crippen molar-refractivity contribution >= 4 is 5.97 Å². The van der Waals surface area contributed by atoms with Gasteiger partial charge in [-0.15, -0.1) is 0 Å². The molecule has 2 rings (SSSR count). The molecule has 3 nitrogen and oxygen atoms in total. The van der Waals surface area contributed by atoms with Gasteiger partial charge in [0.2, 0.25) is 0 Å². The molecule has 3 heteroatoms. The molecule has 1 aromatic carbocycles. The number of benzene rings is 1. The molecule has 0 heterocycles. The van der Waals surface area contributed by atoms with Crippen LogP contribution in [-0.2, 0) is 20.9 Å². The number of aryl methyl sites for hydroxylation is 1. The maximum Gasteiger partial charge on any atom is 0.314 e. The zero-order valence-corrected chi connectivity index (χ0v) is 14.8. The highest BCUT2D eigenvalue weighted by atomic mass is 16.5. The number of rotatable bonds is 8. The standard InChI is InChI=1S/C20H30O3/c1-4-6-13-20(19(21)22-5-2)14-7-8-18(20)23-15-17-11-9-16(3)10-12-17/h9-12,18H,4-8,13-15H2,1-3H3. The zero-order valence-electron chi connectivity index (χ0n) is 14.8. The summed E-state index contributed by atoms with van der Waals surface area (Å²) in [5.41, 5.74) is 1.98. The maximum atomic E-state index is 12.6. The third-order valence-corrected chi connectivity index (χ3v) is 4.94. The van der Waals surface area contributed by atoms with Gasteiger partial charge in [0.05, 0.1) is 24.7 Å². The number of hydrogen-bond donors (Lipinski definition) is 0. The van der Waals surface area contributed by atoms with Gasteiger partial charge in [-0.25, -0.2) is 0 Å². The average Bonchev–Trinajstić information content (AvgIpc) is 2.97. The van der Waals surface area contributed by atoms with Gasteiger partial charge in [0.25, 0.3) is 0 Å². The summed E-state index contributed by atoms with van der Waals surface area (Å²) >= 11 is 0. The highest BCUT2D eigenvalue weighted by molar-refractivity contribution is 5.78. The van der Waals surface area contributed by atoms with Crippen LogP contribution in [0.3, 0.4) is 0 Å². The van der Waals surface area contributed by atoms with E-state index in [0.717, 1.165) is 44.1 Å². The molecule has 0 aromatic heterocycles. The van der Waals surface area contributed by atoms with Gasteiger partial charge in [-0.05, 0) is 45.1 Å². The van der Waals surface area contributed by atoms with Gasteiger partial charge in [0, 0.05) is 0 Å². The lowest BCUT2D eigenvalue weighted by molar-refractivity contribution is -0.165. The van der Waals surface area contributed by atoms with E-state index < -0.39 is 5.41 Å². The molecule has 1 fully saturated rings. The largest absolute Gasteiger partial charge is 0.465 e. The van der Waals surface area contributed by atoms with Crippen LogP contribution in [0.2, 0.25) is 0 Å². The van der Waals surface area contributed by atoms with Gasteiger partial charge in [0.1, 0.15) is 0 Å². The van der Waals surface area contributed by atoms with Crippen LogP contribution in [0.15, 0.2) is 24.3 Å². The molecule has 2 unspecified atom stereocenters. The highest BCUT2D eigenvalue weighted by Gasteiger charge is 2.50. The monoisotopic (exact) mass is 318 g/mol. The van der Waals surface area contributed by atoms with Gasteiger partial charge in [0.15, 0.2) is 0 Å². The Morgan fingerprint density at radius 2 is 2.00 bits per heavy atom. The molecular formula is C20H30O3. The van der Waals surface area contributed by atoms with Gasteiger partial charge in [-0.1, -0.05) is 49.6 Å². The van der Waals surface area contributed by atoms with Crippen LogP contribution in [-0.4, -0.2) is 18.7 Å². The first-order valence-corrected chi connectivity index (χ1v) is 8.96. The Bertz CT molecular complexity index is 494. The Balaban J connectivity index is 2.07. The van der Waals surface area contributed by atoms with E-state index in [0.29, 0.717) is 13.2 Å². The lowest BCUT2D eigenvalue weighted by atomic mass is 9.79. The Kier molecular flexibility index (Phi) is 6.64. The molecule has 128 valence electrons. The fourth-order valence-corrected chi connectivity index (χ4v) is 3.55. The van der Waals surface area contributed by atoms with Crippen LogP contribution in [0, 0.1) is 12.3 Å². The second-order valence-corrected chi connectivity index (χ2v) is 6.66. The predicted molar refractivity (Wildman–Crippen MR) is 92.2 cm³/mol. The summed E-state index contributed by atoms with van der Waals surface area (Å²) in [4.78, 5) is 12.6. The molecule has 0 amide bonds. The number of carbonyl (C=O) groups excluding carboxylic acids is 1. The number of esters is 1. The summed E-state index contributed by atoms with van der Waals surface area (Å²) < 4.78 is 11.6. The Morgan fingerprint density at radius 1 is 1.26 bits per heavy atom. The fourth-order valence-electron chi connectivity index (χ4n) is 3.55. The van der Waals surface area contributed by atoms with Gasteiger partial charge < -0.3 is 9.47 Å². The lowest BCUT2D eigenvalue weighted by Crippen LogP contribution is -2.41. The molecule has 0 bridgehead atoms. The first kappa shape index (κ1) is 18.0. The van der Waals surface area contributed by atoms with Crippen molar-refractivity contribution in [2.45, 2.75) is 72.0 Å². The normalized spacial score (nSPS) is 23.9. The molecule has 1 aliphatic carbocycles. The zero-order chi connectivity index (χ0) is 16.7. The van der Waals surface area contributed by atoms with Crippen LogP contribution in [0.4, 0.5) is 0 Å². The van der Waals surface area contributed by atoms with Gasteiger partial charge in [-0.3, -0.25) is 4.79 Å². The van der Waals surface area contributed by atoms with Crippen molar-refractivity contribution in [2.24, 2.45) is 5.41 Å². The Hall–Kier alpha value is -1.35. The van der Waals surface area contributed by atoms with Crippen LogP contribution in [0.1, 0.15) is 63.5 Å². The lowest BCUT2D eigenvalue weighted by Gasteiger charge is -2.33. The minimum absolute atomic E-state index is 0.0191. The van der Waals surface area contributed by atoms with E-state index in [2.05, 4.69) is 38.1 Å². The summed E-state index contributed by atoms with van der Waals surface area (Å²) in [7, 11) is 0. The SMILES string of the molecule is CCCCC1(C(=O)OCC)CCCC1OCc1ccc(C)cc1. The summed E-state index contributed by atoms with van der Waals surface area (Å²) in [6, 6.07) is 8.40. The van der Waals surface area contributed by atoms with E-state index in [1.54, 1.807) is 0 Å². The predicted octanol–water partition coefficient (Wildman–Crippen LogP) is 4.80. The number of hydrogen-bond acceptors (Lipinski definition) is 3. The second kappa shape index (κ2) is 8.49. The topological polar surface area (TPSA) is 35.5 Å². The van der Waals surface area contributed by atoms with Crippen LogP contribution < -0.4 is 0 Å². The Labute approximate surface area is 140 Å². The molecule has 1 aliphatic rings. The molecule has 0 aliphatic heterocycles. The first-order chi connectivity index (χ1) is 11.1. The van der Waals surface area contributed by atoms with Crippen LogP contribution in [0.5, 0.6) is 0 Å². The van der Waals surface area contributed by atoms with Crippen molar-refractivity contribution in [1.82, 2.24) is 0 Å². The summed E-state index contributed by atoms with van der Waals surface area (Å²) in [6.45, 7) is 7.13. The third-order valence-electron chi connectivity index (χ3n) is 4.94. The van der Waals surface area contributed by atoms with Gasteiger partial charge in [-0.2, -0.15) is 0 Å². The van der Waals surface area contributed by atoms with Crippen molar-refractivity contribution < 1.29 is 14.3 Å². The summed E-state index contributed by atoms with van der Waals surface area (Å²) in [5, 5.41) is 0. The smallest absolute Gasteiger partial charge is 0.314 e. The molecule has 0 spiro atoms. The quantitative estimate of drug-likeness (QED) is 0.646. The van der Waals surface area contributed by atoms with E-state index in [1.807, 2.05) is 6.92 Å². The summed E-state index contributed by atoms with van der Waals surface area (Å²) in [5.74, 6) is -0.0557. The number of ether oxygens (including phenoxy) is 2. The van der Waals surface area contributed by atoms with Crippen LogP contribution in [0.25, 0.3) is 0 Å². The molecule has 0 radical (unpaired) electrons. The second-order valence-electron chi connectivity index (χ2n) is 6.66. The first-order valence-electron chi connectivity index (χ1n) is 8.96. The van der Waals surface area contributed by atoms with Crippen molar-refractivity contribution in [3.63, 3.8) is 0 Å². The minimum atomic E-state index is -0.434. The molecule has 0 saturated heterocycles. The molecule has 2 atom stereocenters. The maximum absolute atomic E-state index is 12.6. The van der Waals surface area contributed by atoms with Crippen molar-refractivity contribution in [3.05, 3.63) is 35.4 Å². The van der Waals surface area contributed by atoms with Crippen LogP contribution >= 0.6 is 0 Å². The molecule has 23 heavy (non-hydrogen) atoms. The fraction of sp³-hybridized carbons (Fsp3) is 0.650. The molecular weight excluding hydrogens is 288 g/mol.